The number of hydrogen-bond donors (Lipinski definition) is 1. The molecule has 1 N–H and O–H groups in total. The van der Waals surface area contributed by atoms with E-state index in [2.05, 4.69) is 12.2 Å². The molecule has 0 fully saturated rings. The maximum Gasteiger partial charge on any atom is 0.278 e. The zero-order chi connectivity index (χ0) is 21.5. The highest BCUT2D eigenvalue weighted by Crippen LogP contribution is 2.31. The number of imide groups is 1. The van der Waals surface area contributed by atoms with Crippen molar-refractivity contribution in [2.75, 3.05) is 25.1 Å². The topological polar surface area (TPSA) is 58.6 Å². The van der Waals surface area contributed by atoms with E-state index in [4.69, 9.17) is 4.74 Å². The summed E-state index contributed by atoms with van der Waals surface area (Å²) in [6.07, 6.45) is 2.73. The maximum absolute atomic E-state index is 13.2. The summed E-state index contributed by atoms with van der Waals surface area (Å²) in [7, 11) is 0. The summed E-state index contributed by atoms with van der Waals surface area (Å²) in [6.45, 7) is 7.76. The van der Waals surface area contributed by atoms with Crippen molar-refractivity contribution in [3.8, 4) is 0 Å². The number of anilines is 1. The van der Waals surface area contributed by atoms with E-state index in [1.165, 1.54) is 4.90 Å². The van der Waals surface area contributed by atoms with Gasteiger partial charge in [-0.1, -0.05) is 49.7 Å². The van der Waals surface area contributed by atoms with Gasteiger partial charge in [0.2, 0.25) is 0 Å². The van der Waals surface area contributed by atoms with Gasteiger partial charge in [-0.2, -0.15) is 0 Å². The fourth-order valence-corrected chi connectivity index (χ4v) is 3.40. The second-order valence-electron chi connectivity index (χ2n) is 7.62. The fourth-order valence-electron chi connectivity index (χ4n) is 3.40. The van der Waals surface area contributed by atoms with Crippen LogP contribution in [0.3, 0.4) is 0 Å². The van der Waals surface area contributed by atoms with E-state index in [1.54, 1.807) is 0 Å². The van der Waals surface area contributed by atoms with Gasteiger partial charge in [0.15, 0.2) is 0 Å². The quantitative estimate of drug-likeness (QED) is 0.459. The van der Waals surface area contributed by atoms with Crippen LogP contribution in [0.15, 0.2) is 54.2 Å². The summed E-state index contributed by atoms with van der Waals surface area (Å²) >= 11 is 0. The summed E-state index contributed by atoms with van der Waals surface area (Å²) in [5.41, 5.74) is 4.54. The molecule has 0 unspecified atom stereocenters. The number of unbranched alkanes of at least 4 members (excludes halogenated alkanes) is 1. The van der Waals surface area contributed by atoms with Gasteiger partial charge in [-0.25, -0.2) is 0 Å². The van der Waals surface area contributed by atoms with Crippen LogP contribution in [0.5, 0.6) is 0 Å². The number of hydrogen-bond acceptors (Lipinski definition) is 4. The first-order chi connectivity index (χ1) is 14.5. The second-order valence-corrected chi connectivity index (χ2v) is 7.62. The molecule has 0 bridgehead atoms. The third-order valence-electron chi connectivity index (χ3n) is 5.32. The average molecular weight is 407 g/mol. The molecule has 2 aromatic carbocycles. The number of carbonyl (C=O) groups is 2. The Hall–Kier alpha value is -2.92. The summed E-state index contributed by atoms with van der Waals surface area (Å²) < 4.78 is 5.59. The number of rotatable bonds is 10. The van der Waals surface area contributed by atoms with Crippen LogP contribution in [-0.4, -0.2) is 36.5 Å². The van der Waals surface area contributed by atoms with Crippen LogP contribution in [0.2, 0.25) is 0 Å². The highest BCUT2D eigenvalue weighted by atomic mass is 16.5. The Kier molecular flexibility index (Phi) is 7.41. The zero-order valence-corrected chi connectivity index (χ0v) is 18.0. The molecule has 2 aromatic rings. The van der Waals surface area contributed by atoms with E-state index in [0.717, 1.165) is 35.2 Å². The molecule has 1 aliphatic heterocycles. The molecule has 5 nitrogen and oxygen atoms in total. The van der Waals surface area contributed by atoms with Crippen molar-refractivity contribution in [1.29, 1.82) is 0 Å². The van der Waals surface area contributed by atoms with Gasteiger partial charge in [0.25, 0.3) is 11.8 Å². The lowest BCUT2D eigenvalue weighted by molar-refractivity contribution is -0.137. The number of carbonyl (C=O) groups excluding carboxylic acids is 2. The minimum atomic E-state index is -0.286. The van der Waals surface area contributed by atoms with Gasteiger partial charge in [0.05, 0.1) is 5.57 Å². The van der Waals surface area contributed by atoms with Crippen LogP contribution in [-0.2, 0) is 14.3 Å². The van der Waals surface area contributed by atoms with Gasteiger partial charge in [-0.05, 0) is 55.5 Å². The first-order valence-corrected chi connectivity index (χ1v) is 10.6. The minimum absolute atomic E-state index is 0.254. The third-order valence-corrected chi connectivity index (χ3v) is 5.32. The molecule has 0 saturated carbocycles. The molecule has 5 heteroatoms. The molecule has 0 aromatic heterocycles. The lowest BCUT2D eigenvalue weighted by atomic mass is 9.99. The lowest BCUT2D eigenvalue weighted by Gasteiger charge is -2.15. The standard InChI is InChI=1S/C25H30N2O3/c1-4-5-15-30-16-9-14-27-24(28)22(20-13-12-18(2)19(3)17-20)23(25(27)29)26-21-10-7-6-8-11-21/h6-8,10-13,17,26H,4-5,9,14-16H2,1-3H3. The van der Waals surface area contributed by atoms with E-state index < -0.39 is 0 Å². The van der Waals surface area contributed by atoms with Crippen LogP contribution < -0.4 is 5.32 Å². The van der Waals surface area contributed by atoms with Crippen molar-refractivity contribution in [1.82, 2.24) is 4.90 Å². The van der Waals surface area contributed by atoms with Gasteiger partial charge in [0.1, 0.15) is 5.70 Å². The molecule has 0 atom stereocenters. The Balaban J connectivity index is 1.84. The summed E-state index contributed by atoms with van der Waals surface area (Å²) in [6, 6.07) is 15.3. The monoisotopic (exact) mass is 406 g/mol. The molecular formula is C25H30N2O3. The van der Waals surface area contributed by atoms with Crippen LogP contribution in [0.1, 0.15) is 42.9 Å². The molecular weight excluding hydrogens is 376 g/mol. The number of aryl methyl sites for hydroxylation is 2. The predicted octanol–water partition coefficient (Wildman–Crippen LogP) is 4.70. The smallest absolute Gasteiger partial charge is 0.278 e. The Morgan fingerprint density at radius 3 is 2.33 bits per heavy atom. The molecule has 0 aliphatic carbocycles. The number of amides is 2. The molecule has 158 valence electrons. The first-order valence-electron chi connectivity index (χ1n) is 10.6. The highest BCUT2D eigenvalue weighted by Gasteiger charge is 2.38. The van der Waals surface area contributed by atoms with Crippen molar-refractivity contribution in [3.05, 3.63) is 70.9 Å². The SMILES string of the molecule is CCCCOCCCN1C(=O)C(Nc2ccccc2)=C(c2ccc(C)c(C)c2)C1=O. The molecule has 0 radical (unpaired) electrons. The number of benzene rings is 2. The summed E-state index contributed by atoms with van der Waals surface area (Å²) in [5.74, 6) is -0.541. The van der Waals surface area contributed by atoms with E-state index in [1.807, 2.05) is 62.4 Å². The molecule has 1 aliphatic rings. The largest absolute Gasteiger partial charge is 0.381 e. The van der Waals surface area contributed by atoms with Crippen molar-refractivity contribution in [3.63, 3.8) is 0 Å². The van der Waals surface area contributed by atoms with E-state index in [-0.39, 0.29) is 11.8 Å². The molecule has 0 saturated heterocycles. The Labute approximate surface area is 178 Å². The fraction of sp³-hybridized carbons (Fsp3) is 0.360. The average Bonchev–Trinajstić information content (AvgIpc) is 2.97. The van der Waals surface area contributed by atoms with E-state index in [9.17, 15) is 9.59 Å². The third kappa shape index (κ3) is 4.97. The first kappa shape index (κ1) is 21.8. The minimum Gasteiger partial charge on any atom is -0.381 e. The lowest BCUT2D eigenvalue weighted by Crippen LogP contribution is -2.34. The van der Waals surface area contributed by atoms with E-state index in [0.29, 0.717) is 37.4 Å². The molecule has 3 rings (SSSR count). The van der Waals surface area contributed by atoms with Crippen molar-refractivity contribution in [2.24, 2.45) is 0 Å². The van der Waals surface area contributed by atoms with Gasteiger partial charge >= 0.3 is 0 Å². The zero-order valence-electron chi connectivity index (χ0n) is 18.0. The van der Waals surface area contributed by atoms with Crippen LogP contribution >= 0.6 is 0 Å². The summed E-state index contributed by atoms with van der Waals surface area (Å²) in [4.78, 5) is 27.7. The van der Waals surface area contributed by atoms with Gasteiger partial charge in [-0.15, -0.1) is 0 Å². The number of nitrogens with zero attached hydrogens (tertiary/aromatic N) is 1. The number of nitrogens with one attached hydrogen (secondary N) is 1. The molecule has 30 heavy (non-hydrogen) atoms. The molecule has 0 spiro atoms. The van der Waals surface area contributed by atoms with Gasteiger partial charge in [0, 0.05) is 25.4 Å². The molecule has 1 heterocycles. The highest BCUT2D eigenvalue weighted by molar-refractivity contribution is 6.36. The van der Waals surface area contributed by atoms with Crippen molar-refractivity contribution >= 4 is 23.1 Å². The van der Waals surface area contributed by atoms with Crippen LogP contribution in [0.4, 0.5) is 5.69 Å². The molecule has 2 amide bonds. The van der Waals surface area contributed by atoms with Crippen LogP contribution in [0, 0.1) is 13.8 Å². The predicted molar refractivity (Wildman–Crippen MR) is 120 cm³/mol. The van der Waals surface area contributed by atoms with Crippen LogP contribution in [0.25, 0.3) is 5.57 Å². The summed E-state index contributed by atoms with van der Waals surface area (Å²) in [5, 5.41) is 3.19. The van der Waals surface area contributed by atoms with E-state index >= 15 is 0 Å². The Bertz CT molecular complexity index is 935. The van der Waals surface area contributed by atoms with Crippen molar-refractivity contribution < 1.29 is 14.3 Å². The normalized spacial score (nSPS) is 14.0. The Morgan fingerprint density at radius 2 is 1.63 bits per heavy atom. The van der Waals surface area contributed by atoms with Gasteiger partial charge in [-0.3, -0.25) is 14.5 Å². The maximum atomic E-state index is 13.2. The number of ether oxygens (including phenoxy) is 1. The Morgan fingerprint density at radius 1 is 0.900 bits per heavy atom. The van der Waals surface area contributed by atoms with Gasteiger partial charge < -0.3 is 10.1 Å². The second kappa shape index (κ2) is 10.2. The van der Waals surface area contributed by atoms with Crippen molar-refractivity contribution in [2.45, 2.75) is 40.0 Å². The number of para-hydroxylation sites is 1.